The van der Waals surface area contributed by atoms with E-state index < -0.39 is 0 Å². The van der Waals surface area contributed by atoms with Crippen LogP contribution in [0.3, 0.4) is 0 Å². The highest BCUT2D eigenvalue weighted by atomic mass is 32.1. The molecular formula is C16H27N3O2S. The fourth-order valence-electron chi connectivity index (χ4n) is 2.27. The first-order chi connectivity index (χ1) is 10.4. The van der Waals surface area contributed by atoms with Gasteiger partial charge < -0.3 is 15.5 Å². The highest BCUT2D eigenvalue weighted by Gasteiger charge is 2.15. The van der Waals surface area contributed by atoms with Crippen molar-refractivity contribution in [1.29, 1.82) is 0 Å². The van der Waals surface area contributed by atoms with E-state index in [0.29, 0.717) is 23.8 Å². The largest absolute Gasteiger partial charge is 0.352 e. The van der Waals surface area contributed by atoms with Crippen LogP contribution in [0.15, 0.2) is 17.5 Å². The molecule has 124 valence electrons. The van der Waals surface area contributed by atoms with E-state index in [2.05, 4.69) is 29.4 Å². The van der Waals surface area contributed by atoms with Gasteiger partial charge in [-0.15, -0.1) is 11.3 Å². The average molecular weight is 325 g/mol. The Morgan fingerprint density at radius 1 is 1.32 bits per heavy atom. The molecule has 0 bridgehead atoms. The summed E-state index contributed by atoms with van der Waals surface area (Å²) in [5.74, 6) is 0.401. The van der Waals surface area contributed by atoms with Crippen molar-refractivity contribution in [2.75, 3.05) is 27.2 Å². The van der Waals surface area contributed by atoms with E-state index in [1.807, 2.05) is 25.5 Å². The van der Waals surface area contributed by atoms with Gasteiger partial charge in [0.25, 0.3) is 5.91 Å². The van der Waals surface area contributed by atoms with E-state index in [-0.39, 0.29) is 17.9 Å². The third-order valence-electron chi connectivity index (χ3n) is 3.09. The molecule has 0 spiro atoms. The van der Waals surface area contributed by atoms with E-state index >= 15 is 0 Å². The molecule has 22 heavy (non-hydrogen) atoms. The number of rotatable bonds is 9. The van der Waals surface area contributed by atoms with Crippen LogP contribution in [0.4, 0.5) is 0 Å². The van der Waals surface area contributed by atoms with Crippen molar-refractivity contribution < 1.29 is 9.59 Å². The standard InChI is InChI=1S/C16H27N3O2S/c1-12(2)10-13(11-19(3)4)18-15(20)7-8-17-16(21)14-6-5-9-22-14/h5-6,9,12-13H,7-8,10-11H2,1-4H3,(H,17,21)(H,18,20). The van der Waals surface area contributed by atoms with Gasteiger partial charge in [-0.25, -0.2) is 0 Å². The van der Waals surface area contributed by atoms with E-state index in [0.717, 1.165) is 13.0 Å². The topological polar surface area (TPSA) is 61.4 Å². The summed E-state index contributed by atoms with van der Waals surface area (Å²) in [5.41, 5.74) is 0. The fourth-order valence-corrected chi connectivity index (χ4v) is 2.91. The first kappa shape index (κ1) is 18.6. The highest BCUT2D eigenvalue weighted by molar-refractivity contribution is 7.12. The molecule has 2 N–H and O–H groups in total. The van der Waals surface area contributed by atoms with E-state index in [1.165, 1.54) is 11.3 Å². The second-order valence-electron chi connectivity index (χ2n) is 6.14. The van der Waals surface area contributed by atoms with Crippen LogP contribution in [0.2, 0.25) is 0 Å². The first-order valence-corrected chi connectivity index (χ1v) is 8.52. The van der Waals surface area contributed by atoms with Gasteiger partial charge in [-0.2, -0.15) is 0 Å². The van der Waals surface area contributed by atoms with Crippen molar-refractivity contribution in [2.24, 2.45) is 5.92 Å². The lowest BCUT2D eigenvalue weighted by Crippen LogP contribution is -2.43. The van der Waals surface area contributed by atoms with Crippen LogP contribution < -0.4 is 10.6 Å². The highest BCUT2D eigenvalue weighted by Crippen LogP contribution is 2.08. The van der Waals surface area contributed by atoms with Gasteiger partial charge in [-0.05, 0) is 37.9 Å². The minimum Gasteiger partial charge on any atom is -0.352 e. The number of nitrogens with one attached hydrogen (secondary N) is 2. The van der Waals surface area contributed by atoms with Crippen molar-refractivity contribution in [3.05, 3.63) is 22.4 Å². The summed E-state index contributed by atoms with van der Waals surface area (Å²) in [6.07, 6.45) is 1.25. The number of nitrogens with zero attached hydrogens (tertiary/aromatic N) is 1. The Hall–Kier alpha value is -1.40. The SMILES string of the molecule is CC(C)CC(CN(C)C)NC(=O)CCNC(=O)c1cccs1. The van der Waals surface area contributed by atoms with Crippen LogP contribution in [0.5, 0.6) is 0 Å². The quantitative estimate of drug-likeness (QED) is 0.729. The minimum absolute atomic E-state index is 0.0148. The van der Waals surface area contributed by atoms with Crippen LogP contribution in [-0.2, 0) is 4.79 Å². The lowest BCUT2D eigenvalue weighted by Gasteiger charge is -2.24. The Labute approximate surface area is 137 Å². The number of likely N-dealkylation sites (N-methyl/N-ethyl adjacent to an activating group) is 1. The van der Waals surface area contributed by atoms with Crippen LogP contribution in [-0.4, -0.2) is 49.9 Å². The van der Waals surface area contributed by atoms with Gasteiger partial charge >= 0.3 is 0 Å². The number of hydrogen-bond donors (Lipinski definition) is 2. The molecule has 1 rings (SSSR count). The summed E-state index contributed by atoms with van der Waals surface area (Å²) in [5, 5.41) is 7.69. The molecule has 1 heterocycles. The molecule has 0 radical (unpaired) electrons. The molecule has 0 aromatic carbocycles. The van der Waals surface area contributed by atoms with E-state index in [9.17, 15) is 9.59 Å². The zero-order chi connectivity index (χ0) is 16.5. The maximum atomic E-state index is 12.0. The predicted octanol–water partition coefficient (Wildman–Crippen LogP) is 1.96. The zero-order valence-electron chi connectivity index (χ0n) is 13.9. The zero-order valence-corrected chi connectivity index (χ0v) is 14.7. The van der Waals surface area contributed by atoms with Crippen molar-refractivity contribution in [3.8, 4) is 0 Å². The van der Waals surface area contributed by atoms with Crippen LogP contribution >= 0.6 is 11.3 Å². The van der Waals surface area contributed by atoms with Gasteiger partial charge in [0.2, 0.25) is 5.91 Å². The average Bonchev–Trinajstić information content (AvgIpc) is 2.90. The van der Waals surface area contributed by atoms with Crippen LogP contribution in [0.25, 0.3) is 0 Å². The summed E-state index contributed by atoms with van der Waals surface area (Å²) in [6.45, 7) is 5.48. The first-order valence-electron chi connectivity index (χ1n) is 7.64. The van der Waals surface area contributed by atoms with Crippen molar-refractivity contribution in [3.63, 3.8) is 0 Å². The molecule has 1 aromatic rings. The summed E-state index contributed by atoms with van der Waals surface area (Å²) in [6, 6.07) is 3.76. The molecule has 0 saturated heterocycles. The lowest BCUT2D eigenvalue weighted by molar-refractivity contribution is -0.121. The molecule has 1 aromatic heterocycles. The number of carbonyl (C=O) groups excluding carboxylic acids is 2. The molecule has 1 atom stereocenters. The van der Waals surface area contributed by atoms with Gasteiger partial charge in [-0.1, -0.05) is 19.9 Å². The van der Waals surface area contributed by atoms with Crippen LogP contribution in [0.1, 0.15) is 36.4 Å². The maximum Gasteiger partial charge on any atom is 0.261 e. The minimum atomic E-state index is -0.116. The maximum absolute atomic E-state index is 12.0. The molecule has 0 fully saturated rings. The third-order valence-corrected chi connectivity index (χ3v) is 3.96. The number of carbonyl (C=O) groups is 2. The fraction of sp³-hybridized carbons (Fsp3) is 0.625. The Bertz CT molecular complexity index is 448. The van der Waals surface area contributed by atoms with Gasteiger partial charge in [-0.3, -0.25) is 9.59 Å². The monoisotopic (exact) mass is 325 g/mol. The molecule has 2 amide bonds. The molecule has 0 saturated carbocycles. The van der Waals surface area contributed by atoms with Gasteiger partial charge in [0.05, 0.1) is 4.88 Å². The summed E-state index contributed by atoms with van der Waals surface area (Å²) in [4.78, 5) is 26.5. The molecule has 1 unspecified atom stereocenters. The van der Waals surface area contributed by atoms with E-state index in [1.54, 1.807) is 6.07 Å². The number of hydrogen-bond acceptors (Lipinski definition) is 4. The Balaban J connectivity index is 2.32. The number of amides is 2. The molecule has 0 aliphatic heterocycles. The normalized spacial score (nSPS) is 12.5. The van der Waals surface area contributed by atoms with E-state index in [4.69, 9.17) is 0 Å². The van der Waals surface area contributed by atoms with Crippen LogP contribution in [0, 0.1) is 5.92 Å². The molecule has 0 aliphatic rings. The predicted molar refractivity (Wildman–Crippen MR) is 91.2 cm³/mol. The molecule has 6 heteroatoms. The molecule has 5 nitrogen and oxygen atoms in total. The summed E-state index contributed by atoms with van der Waals surface area (Å²) in [7, 11) is 4.00. The number of thiophene rings is 1. The Kier molecular flexibility index (Phi) is 8.12. The Morgan fingerprint density at radius 2 is 2.05 bits per heavy atom. The third kappa shape index (κ3) is 7.56. The lowest BCUT2D eigenvalue weighted by atomic mass is 10.0. The Morgan fingerprint density at radius 3 is 2.59 bits per heavy atom. The molecule has 0 aliphatic carbocycles. The summed E-state index contributed by atoms with van der Waals surface area (Å²) >= 11 is 1.40. The smallest absolute Gasteiger partial charge is 0.261 e. The van der Waals surface area contributed by atoms with Crippen molar-refractivity contribution in [1.82, 2.24) is 15.5 Å². The van der Waals surface area contributed by atoms with Crippen molar-refractivity contribution in [2.45, 2.75) is 32.7 Å². The van der Waals surface area contributed by atoms with Gasteiger partial charge in [0, 0.05) is 25.6 Å². The summed E-state index contributed by atoms with van der Waals surface area (Å²) < 4.78 is 0. The van der Waals surface area contributed by atoms with Crippen molar-refractivity contribution >= 4 is 23.2 Å². The van der Waals surface area contributed by atoms with Gasteiger partial charge in [0.1, 0.15) is 0 Å². The molecular weight excluding hydrogens is 298 g/mol. The second kappa shape index (κ2) is 9.58. The second-order valence-corrected chi connectivity index (χ2v) is 7.09. The van der Waals surface area contributed by atoms with Gasteiger partial charge in [0.15, 0.2) is 0 Å².